The zero-order valence-corrected chi connectivity index (χ0v) is 12.1. The van der Waals surface area contributed by atoms with E-state index in [0.29, 0.717) is 23.7 Å². The molecular formula is C11H16ClN3O2S. The lowest BCUT2D eigenvalue weighted by Crippen LogP contribution is -2.36. The number of hydrogen-bond acceptors (Lipinski definition) is 6. The van der Waals surface area contributed by atoms with E-state index < -0.39 is 5.60 Å². The molecule has 0 aromatic carbocycles. The number of carbonyl (C=O) groups is 1. The SMILES string of the molecule is CSCC(C)(O)CNc1nc(C)nc(Cl)c1C=O. The summed E-state index contributed by atoms with van der Waals surface area (Å²) in [5.74, 6) is 1.40. The van der Waals surface area contributed by atoms with Crippen LogP contribution in [0.15, 0.2) is 0 Å². The molecule has 0 radical (unpaired) electrons. The van der Waals surface area contributed by atoms with Gasteiger partial charge in [-0.1, -0.05) is 11.6 Å². The van der Waals surface area contributed by atoms with Gasteiger partial charge in [-0.3, -0.25) is 4.79 Å². The van der Waals surface area contributed by atoms with Crippen LogP contribution in [-0.4, -0.2) is 45.5 Å². The van der Waals surface area contributed by atoms with Crippen molar-refractivity contribution in [2.45, 2.75) is 19.4 Å². The molecule has 0 amide bonds. The first-order chi connectivity index (χ1) is 8.39. The van der Waals surface area contributed by atoms with Crippen LogP contribution in [-0.2, 0) is 0 Å². The van der Waals surface area contributed by atoms with Crippen LogP contribution < -0.4 is 5.32 Å². The zero-order chi connectivity index (χ0) is 13.8. The van der Waals surface area contributed by atoms with Crippen LogP contribution in [0.1, 0.15) is 23.1 Å². The van der Waals surface area contributed by atoms with Crippen molar-refractivity contribution in [1.29, 1.82) is 0 Å². The molecule has 0 aliphatic carbocycles. The number of aliphatic hydroxyl groups is 1. The maximum atomic E-state index is 10.9. The lowest BCUT2D eigenvalue weighted by Gasteiger charge is -2.23. The summed E-state index contributed by atoms with van der Waals surface area (Å²) in [6, 6.07) is 0. The van der Waals surface area contributed by atoms with Crippen molar-refractivity contribution in [3.63, 3.8) is 0 Å². The van der Waals surface area contributed by atoms with E-state index in [-0.39, 0.29) is 17.3 Å². The fourth-order valence-corrected chi connectivity index (χ4v) is 2.40. The van der Waals surface area contributed by atoms with Crippen molar-refractivity contribution < 1.29 is 9.90 Å². The Bertz CT molecular complexity index is 441. The second-order valence-corrected chi connectivity index (χ2v) is 5.45. The summed E-state index contributed by atoms with van der Waals surface area (Å²) in [7, 11) is 0. The van der Waals surface area contributed by atoms with Crippen LogP contribution in [0.2, 0.25) is 5.15 Å². The maximum Gasteiger partial charge on any atom is 0.156 e. The molecule has 1 heterocycles. The Morgan fingerprint density at radius 2 is 2.22 bits per heavy atom. The summed E-state index contributed by atoms with van der Waals surface area (Å²) in [6.45, 7) is 3.68. The molecule has 100 valence electrons. The van der Waals surface area contributed by atoms with Crippen molar-refractivity contribution >= 4 is 35.5 Å². The van der Waals surface area contributed by atoms with E-state index in [1.165, 1.54) is 0 Å². The van der Waals surface area contributed by atoms with E-state index >= 15 is 0 Å². The van der Waals surface area contributed by atoms with E-state index in [2.05, 4.69) is 15.3 Å². The molecule has 1 rings (SSSR count). The van der Waals surface area contributed by atoms with E-state index in [4.69, 9.17) is 11.6 Å². The first-order valence-corrected chi connectivity index (χ1v) is 7.11. The Morgan fingerprint density at radius 1 is 1.56 bits per heavy atom. The number of aldehydes is 1. The van der Waals surface area contributed by atoms with E-state index in [9.17, 15) is 9.90 Å². The first kappa shape index (κ1) is 15.2. The van der Waals surface area contributed by atoms with E-state index in [0.717, 1.165) is 0 Å². The van der Waals surface area contributed by atoms with Gasteiger partial charge in [-0.25, -0.2) is 9.97 Å². The van der Waals surface area contributed by atoms with Gasteiger partial charge in [-0.05, 0) is 20.1 Å². The maximum absolute atomic E-state index is 10.9. The molecule has 0 spiro atoms. The van der Waals surface area contributed by atoms with Gasteiger partial charge in [0.15, 0.2) is 6.29 Å². The number of rotatable bonds is 6. The Labute approximate surface area is 115 Å². The highest BCUT2D eigenvalue weighted by atomic mass is 35.5. The van der Waals surface area contributed by atoms with Gasteiger partial charge in [0.2, 0.25) is 0 Å². The molecule has 5 nitrogen and oxygen atoms in total. The van der Waals surface area contributed by atoms with Gasteiger partial charge in [0.1, 0.15) is 16.8 Å². The predicted octanol–water partition coefficient (Wildman–Crippen LogP) is 1.78. The molecule has 1 aromatic heterocycles. The number of anilines is 1. The normalized spacial score (nSPS) is 14.1. The average molecular weight is 290 g/mol. The lowest BCUT2D eigenvalue weighted by molar-refractivity contribution is 0.0994. The second-order valence-electron chi connectivity index (χ2n) is 4.23. The summed E-state index contributed by atoms with van der Waals surface area (Å²) in [4.78, 5) is 19.0. The lowest BCUT2D eigenvalue weighted by atomic mass is 10.1. The van der Waals surface area contributed by atoms with Gasteiger partial charge in [-0.2, -0.15) is 11.8 Å². The zero-order valence-electron chi connectivity index (χ0n) is 10.5. The van der Waals surface area contributed by atoms with Crippen molar-refractivity contribution in [3.05, 3.63) is 16.5 Å². The third-order valence-corrected chi connectivity index (χ3v) is 3.42. The van der Waals surface area contributed by atoms with E-state index in [1.807, 2.05) is 6.26 Å². The number of hydrogen-bond donors (Lipinski definition) is 2. The summed E-state index contributed by atoms with van der Waals surface area (Å²) in [5, 5.41) is 13.1. The molecule has 1 aromatic rings. The minimum absolute atomic E-state index is 0.115. The highest BCUT2D eigenvalue weighted by molar-refractivity contribution is 7.98. The topological polar surface area (TPSA) is 75.1 Å². The van der Waals surface area contributed by atoms with Crippen molar-refractivity contribution in [1.82, 2.24) is 9.97 Å². The van der Waals surface area contributed by atoms with Gasteiger partial charge in [0.25, 0.3) is 0 Å². The number of thioether (sulfide) groups is 1. The Hall–Kier alpha value is -0.850. The van der Waals surface area contributed by atoms with Crippen LogP contribution in [0.5, 0.6) is 0 Å². The highest BCUT2D eigenvalue weighted by Gasteiger charge is 2.21. The third kappa shape index (κ3) is 4.12. The highest BCUT2D eigenvalue weighted by Crippen LogP contribution is 2.20. The number of aromatic nitrogens is 2. The van der Waals surface area contributed by atoms with Gasteiger partial charge in [-0.15, -0.1) is 0 Å². The van der Waals surface area contributed by atoms with Gasteiger partial charge < -0.3 is 10.4 Å². The summed E-state index contributed by atoms with van der Waals surface area (Å²) >= 11 is 7.40. The smallest absolute Gasteiger partial charge is 0.156 e. The van der Waals surface area contributed by atoms with Gasteiger partial charge in [0, 0.05) is 12.3 Å². The minimum atomic E-state index is -0.884. The van der Waals surface area contributed by atoms with Crippen LogP contribution in [0.4, 0.5) is 5.82 Å². The monoisotopic (exact) mass is 289 g/mol. The third-order valence-electron chi connectivity index (χ3n) is 2.22. The summed E-state index contributed by atoms with van der Waals surface area (Å²) < 4.78 is 0. The number of halogens is 1. The quantitative estimate of drug-likeness (QED) is 0.614. The Morgan fingerprint density at radius 3 is 2.78 bits per heavy atom. The minimum Gasteiger partial charge on any atom is -0.387 e. The van der Waals surface area contributed by atoms with Crippen LogP contribution in [0.3, 0.4) is 0 Å². The number of carbonyl (C=O) groups excluding carboxylic acids is 1. The van der Waals surface area contributed by atoms with Crippen LogP contribution in [0, 0.1) is 6.92 Å². The van der Waals surface area contributed by atoms with Crippen molar-refractivity contribution in [3.8, 4) is 0 Å². The summed E-state index contributed by atoms with van der Waals surface area (Å²) in [6.07, 6.45) is 2.52. The molecule has 1 atom stereocenters. The largest absolute Gasteiger partial charge is 0.387 e. The summed E-state index contributed by atoms with van der Waals surface area (Å²) in [5.41, 5.74) is -0.674. The van der Waals surface area contributed by atoms with Gasteiger partial charge >= 0.3 is 0 Å². The number of aryl methyl sites for hydroxylation is 1. The molecular weight excluding hydrogens is 274 g/mol. The molecule has 18 heavy (non-hydrogen) atoms. The molecule has 0 saturated heterocycles. The molecule has 2 N–H and O–H groups in total. The number of nitrogens with one attached hydrogen (secondary N) is 1. The fraction of sp³-hybridized carbons (Fsp3) is 0.545. The standard InChI is InChI=1S/C11H16ClN3O2S/c1-7-14-9(12)8(4-16)10(15-7)13-5-11(2,17)6-18-3/h4,17H,5-6H2,1-3H3,(H,13,14,15). The van der Waals surface area contributed by atoms with Crippen molar-refractivity contribution in [2.75, 3.05) is 23.9 Å². The fourth-order valence-electron chi connectivity index (χ4n) is 1.42. The Kier molecular flexibility index (Phi) is 5.37. The molecule has 0 fully saturated rings. The molecule has 0 saturated carbocycles. The van der Waals surface area contributed by atoms with Gasteiger partial charge in [0.05, 0.1) is 11.2 Å². The average Bonchev–Trinajstić information content (AvgIpc) is 2.26. The van der Waals surface area contributed by atoms with Crippen LogP contribution in [0.25, 0.3) is 0 Å². The molecule has 7 heteroatoms. The Balaban J connectivity index is 2.87. The molecule has 0 aliphatic rings. The molecule has 1 unspecified atom stereocenters. The molecule has 0 aliphatic heterocycles. The second kappa shape index (κ2) is 6.36. The van der Waals surface area contributed by atoms with Crippen LogP contribution >= 0.6 is 23.4 Å². The van der Waals surface area contributed by atoms with E-state index in [1.54, 1.807) is 25.6 Å². The first-order valence-electron chi connectivity index (χ1n) is 5.34. The molecule has 0 bridgehead atoms. The number of nitrogens with zero attached hydrogens (tertiary/aromatic N) is 2. The van der Waals surface area contributed by atoms with Crippen molar-refractivity contribution in [2.24, 2.45) is 0 Å². The predicted molar refractivity (Wildman–Crippen MR) is 74.7 cm³/mol.